The number of nitrogens with zero attached hydrogens (tertiary/aromatic N) is 3. The number of anilines is 1. The summed E-state index contributed by atoms with van der Waals surface area (Å²) in [6, 6.07) is 1.88. The van der Waals surface area contributed by atoms with Crippen molar-refractivity contribution in [2.24, 2.45) is 0 Å². The van der Waals surface area contributed by atoms with Crippen molar-refractivity contribution in [2.45, 2.75) is 31.2 Å². The molecule has 1 saturated heterocycles. The Morgan fingerprint density at radius 3 is 2.63 bits per heavy atom. The second kappa shape index (κ2) is 4.70. The molecule has 0 N–H and O–H groups in total. The van der Waals surface area contributed by atoms with Crippen LogP contribution in [0.3, 0.4) is 0 Å². The van der Waals surface area contributed by atoms with Gasteiger partial charge in [0.25, 0.3) is 0 Å². The molecule has 2 fully saturated rings. The van der Waals surface area contributed by atoms with E-state index in [1.165, 1.54) is 0 Å². The van der Waals surface area contributed by atoms with Gasteiger partial charge in [0, 0.05) is 25.1 Å². The normalized spacial score (nSPS) is 25.5. The Kier molecular flexibility index (Phi) is 3.29. The molecule has 0 spiro atoms. The fourth-order valence-electron chi connectivity index (χ4n) is 2.40. The highest BCUT2D eigenvalue weighted by Gasteiger charge is 2.32. The van der Waals surface area contributed by atoms with E-state index in [4.69, 9.17) is 0 Å². The summed E-state index contributed by atoms with van der Waals surface area (Å²) >= 11 is 3.41. The number of hydrogen-bond donors (Lipinski definition) is 0. The maximum absolute atomic E-state index is 11.6. The van der Waals surface area contributed by atoms with E-state index >= 15 is 0 Å². The summed E-state index contributed by atoms with van der Waals surface area (Å²) < 4.78 is 23.9. The van der Waals surface area contributed by atoms with Crippen molar-refractivity contribution in [3.8, 4) is 0 Å². The first-order valence-electron chi connectivity index (χ1n) is 6.42. The van der Waals surface area contributed by atoms with Gasteiger partial charge in [-0.25, -0.2) is 18.4 Å². The van der Waals surface area contributed by atoms with Crippen molar-refractivity contribution in [1.82, 2.24) is 9.97 Å². The highest BCUT2D eigenvalue weighted by Crippen LogP contribution is 2.39. The van der Waals surface area contributed by atoms with Crippen LogP contribution in [0, 0.1) is 0 Å². The van der Waals surface area contributed by atoms with E-state index in [-0.39, 0.29) is 17.5 Å². The molecule has 1 atom stereocenters. The van der Waals surface area contributed by atoms with Crippen molar-refractivity contribution in [3.05, 3.63) is 16.5 Å². The van der Waals surface area contributed by atoms with E-state index in [2.05, 4.69) is 25.9 Å². The number of aromatic nitrogens is 2. The lowest BCUT2D eigenvalue weighted by molar-refractivity contribution is 0.600. The first kappa shape index (κ1) is 13.3. The van der Waals surface area contributed by atoms with Crippen LogP contribution in [0.15, 0.2) is 10.7 Å². The summed E-state index contributed by atoms with van der Waals surface area (Å²) in [5.74, 6) is 2.67. The fraction of sp³-hybridized carbons (Fsp3) is 0.667. The van der Waals surface area contributed by atoms with E-state index < -0.39 is 9.84 Å². The second-order valence-corrected chi connectivity index (χ2v) is 8.39. The molecule has 1 aliphatic carbocycles. The Balaban J connectivity index is 1.85. The number of sulfone groups is 1. The Labute approximate surface area is 121 Å². The Morgan fingerprint density at radius 1 is 1.32 bits per heavy atom. The first-order valence-corrected chi connectivity index (χ1v) is 9.04. The van der Waals surface area contributed by atoms with Gasteiger partial charge in [-0.2, -0.15) is 0 Å². The smallest absolute Gasteiger partial charge is 0.152 e. The average molecular weight is 346 g/mol. The van der Waals surface area contributed by atoms with Gasteiger partial charge >= 0.3 is 0 Å². The summed E-state index contributed by atoms with van der Waals surface area (Å²) in [5, 5.41) is 0. The predicted octanol–water partition coefficient (Wildman–Crippen LogP) is 1.74. The zero-order valence-corrected chi connectivity index (χ0v) is 13.1. The van der Waals surface area contributed by atoms with E-state index in [9.17, 15) is 8.42 Å². The first-order chi connectivity index (χ1) is 8.94. The van der Waals surface area contributed by atoms with Crippen molar-refractivity contribution in [3.63, 3.8) is 0 Å². The Bertz CT molecular complexity index is 601. The van der Waals surface area contributed by atoms with Crippen molar-refractivity contribution >= 4 is 31.6 Å². The quantitative estimate of drug-likeness (QED) is 0.780. The van der Waals surface area contributed by atoms with Crippen LogP contribution >= 0.6 is 15.9 Å². The van der Waals surface area contributed by atoms with Crippen LogP contribution in [-0.4, -0.2) is 43.0 Å². The molecule has 1 aliphatic heterocycles. The van der Waals surface area contributed by atoms with Crippen LogP contribution in [0.4, 0.5) is 5.82 Å². The topological polar surface area (TPSA) is 63.2 Å². The molecule has 1 aromatic rings. The van der Waals surface area contributed by atoms with Gasteiger partial charge in [-0.1, -0.05) is 0 Å². The molecule has 5 nitrogen and oxygen atoms in total. The number of rotatable bonds is 3. The molecular weight excluding hydrogens is 330 g/mol. The lowest BCUT2D eigenvalue weighted by atomic mass is 10.2. The van der Waals surface area contributed by atoms with Crippen LogP contribution in [0.1, 0.15) is 31.0 Å². The largest absolute Gasteiger partial charge is 0.355 e. The molecular formula is C12H16BrN3O2S. The van der Waals surface area contributed by atoms with Crippen LogP contribution in [0.25, 0.3) is 0 Å². The standard InChI is InChI=1S/C12H16BrN3O2S/c1-16(9-4-5-19(17,18)7-9)11-6-10(13)14-12(15-11)8-2-3-8/h6,8-9H,2-5,7H2,1H3. The third kappa shape index (κ3) is 2.91. The zero-order chi connectivity index (χ0) is 13.6. The van der Waals surface area contributed by atoms with Gasteiger partial charge in [0.1, 0.15) is 16.2 Å². The molecule has 0 radical (unpaired) electrons. The summed E-state index contributed by atoms with van der Waals surface area (Å²) in [4.78, 5) is 10.9. The number of halogens is 1. The molecule has 0 amide bonds. The van der Waals surface area contributed by atoms with Crippen LogP contribution in [-0.2, 0) is 9.84 Å². The molecule has 3 rings (SSSR count). The molecule has 1 unspecified atom stereocenters. The number of hydrogen-bond acceptors (Lipinski definition) is 5. The monoisotopic (exact) mass is 345 g/mol. The van der Waals surface area contributed by atoms with E-state index in [0.717, 1.165) is 29.1 Å². The fourth-order valence-corrected chi connectivity index (χ4v) is 4.56. The highest BCUT2D eigenvalue weighted by molar-refractivity contribution is 9.10. The summed E-state index contributed by atoms with van der Waals surface area (Å²) in [6.07, 6.45) is 2.98. The van der Waals surface area contributed by atoms with E-state index in [1.807, 2.05) is 18.0 Å². The highest BCUT2D eigenvalue weighted by atomic mass is 79.9. The molecule has 1 saturated carbocycles. The van der Waals surface area contributed by atoms with Gasteiger partial charge in [-0.3, -0.25) is 0 Å². The molecule has 1 aromatic heterocycles. The minimum absolute atomic E-state index is 0.0267. The maximum Gasteiger partial charge on any atom is 0.152 e. The van der Waals surface area contributed by atoms with Gasteiger partial charge in [-0.05, 0) is 35.2 Å². The van der Waals surface area contributed by atoms with Gasteiger partial charge in [0.2, 0.25) is 0 Å². The maximum atomic E-state index is 11.6. The summed E-state index contributed by atoms with van der Waals surface area (Å²) in [7, 11) is -0.956. The van der Waals surface area contributed by atoms with Crippen LogP contribution in [0.5, 0.6) is 0 Å². The minimum atomic E-state index is -2.87. The lowest BCUT2D eigenvalue weighted by Crippen LogP contribution is -2.33. The lowest BCUT2D eigenvalue weighted by Gasteiger charge is -2.24. The van der Waals surface area contributed by atoms with Crippen molar-refractivity contribution in [2.75, 3.05) is 23.5 Å². The minimum Gasteiger partial charge on any atom is -0.355 e. The molecule has 104 valence electrons. The molecule has 0 bridgehead atoms. The SMILES string of the molecule is CN(c1cc(Br)nc(C2CC2)n1)C1CCS(=O)(=O)C1. The molecule has 19 heavy (non-hydrogen) atoms. The predicted molar refractivity (Wildman–Crippen MR) is 77.2 cm³/mol. The third-order valence-corrected chi connectivity index (χ3v) is 5.92. The summed E-state index contributed by atoms with van der Waals surface area (Å²) in [5.41, 5.74) is 0. The van der Waals surface area contributed by atoms with Gasteiger partial charge in [-0.15, -0.1) is 0 Å². The van der Waals surface area contributed by atoms with Crippen LogP contribution in [0.2, 0.25) is 0 Å². The van der Waals surface area contributed by atoms with Gasteiger partial charge < -0.3 is 4.90 Å². The second-order valence-electron chi connectivity index (χ2n) is 5.35. The molecule has 2 aliphatic rings. The molecule has 7 heteroatoms. The molecule has 0 aromatic carbocycles. The third-order valence-electron chi connectivity index (χ3n) is 3.76. The Morgan fingerprint density at radius 2 is 2.05 bits per heavy atom. The van der Waals surface area contributed by atoms with E-state index in [0.29, 0.717) is 12.3 Å². The van der Waals surface area contributed by atoms with Crippen molar-refractivity contribution < 1.29 is 8.42 Å². The van der Waals surface area contributed by atoms with Gasteiger partial charge in [0.15, 0.2) is 9.84 Å². The van der Waals surface area contributed by atoms with Crippen molar-refractivity contribution in [1.29, 1.82) is 0 Å². The average Bonchev–Trinajstić information content (AvgIpc) is 3.12. The van der Waals surface area contributed by atoms with Crippen LogP contribution < -0.4 is 4.90 Å². The van der Waals surface area contributed by atoms with Gasteiger partial charge in [0.05, 0.1) is 11.5 Å². The zero-order valence-electron chi connectivity index (χ0n) is 10.7. The molecule has 2 heterocycles. The Hall–Kier alpha value is -0.690. The van der Waals surface area contributed by atoms with E-state index in [1.54, 1.807) is 0 Å². The summed E-state index contributed by atoms with van der Waals surface area (Å²) in [6.45, 7) is 0.